The molecule has 2 aromatic carbocycles. The summed E-state index contributed by atoms with van der Waals surface area (Å²) in [4.78, 5) is 38.5. The molecule has 5 aromatic rings. The zero-order chi connectivity index (χ0) is 24.2. The fourth-order valence-electron chi connectivity index (χ4n) is 3.79. The lowest BCUT2D eigenvalue weighted by Gasteiger charge is -2.14. The Balaban J connectivity index is 1.29. The molecule has 0 saturated carbocycles. The number of anilines is 1. The Hall–Kier alpha value is -4.85. The van der Waals surface area contributed by atoms with E-state index < -0.39 is 0 Å². The fourth-order valence-corrected chi connectivity index (χ4v) is 3.79. The summed E-state index contributed by atoms with van der Waals surface area (Å²) in [5, 5.41) is 5.78. The van der Waals surface area contributed by atoms with Crippen molar-refractivity contribution in [2.24, 2.45) is 0 Å². The van der Waals surface area contributed by atoms with Gasteiger partial charge in [-0.3, -0.25) is 19.1 Å². The number of hydrogen-bond donors (Lipinski definition) is 2. The minimum Gasteiger partial charge on any atom is -0.348 e. The minimum atomic E-state index is -0.303. The molecule has 0 bridgehead atoms. The van der Waals surface area contributed by atoms with Gasteiger partial charge in [0.05, 0.1) is 22.3 Å². The SMILES string of the molecule is Cc1cccc(C(=O)NCc2ccc(-n3cnc4ccccc43)nc2)c1NC(=O)c1ccncc1. The molecule has 3 aromatic heterocycles. The molecular weight excluding hydrogens is 440 g/mol. The second-order valence-electron chi connectivity index (χ2n) is 8.00. The van der Waals surface area contributed by atoms with E-state index in [1.165, 1.54) is 0 Å². The van der Waals surface area contributed by atoms with Crippen molar-refractivity contribution in [1.29, 1.82) is 0 Å². The molecule has 0 aliphatic rings. The van der Waals surface area contributed by atoms with Gasteiger partial charge < -0.3 is 10.6 Å². The number of carbonyl (C=O) groups is 2. The molecule has 0 aliphatic heterocycles. The van der Waals surface area contributed by atoms with Crippen LogP contribution in [-0.4, -0.2) is 31.3 Å². The lowest BCUT2D eigenvalue weighted by atomic mass is 10.1. The molecule has 0 saturated heterocycles. The van der Waals surface area contributed by atoms with Crippen LogP contribution in [0.3, 0.4) is 0 Å². The van der Waals surface area contributed by atoms with Gasteiger partial charge in [0.25, 0.3) is 11.8 Å². The Bertz CT molecular complexity index is 1510. The van der Waals surface area contributed by atoms with Crippen LogP contribution < -0.4 is 10.6 Å². The van der Waals surface area contributed by atoms with E-state index in [1.54, 1.807) is 49.2 Å². The van der Waals surface area contributed by atoms with E-state index in [-0.39, 0.29) is 11.8 Å². The second-order valence-corrected chi connectivity index (χ2v) is 8.00. The number of fused-ring (bicyclic) bond motifs is 1. The maximum absolute atomic E-state index is 13.0. The molecule has 0 atom stereocenters. The van der Waals surface area contributed by atoms with Crippen LogP contribution in [0.5, 0.6) is 0 Å². The molecular formula is C27H22N6O2. The highest BCUT2D eigenvalue weighted by molar-refractivity contribution is 6.09. The second kappa shape index (κ2) is 9.56. The Morgan fingerprint density at radius 1 is 0.886 bits per heavy atom. The number of hydrogen-bond acceptors (Lipinski definition) is 5. The van der Waals surface area contributed by atoms with Gasteiger partial charge in [0.1, 0.15) is 12.1 Å². The number of nitrogens with zero attached hydrogens (tertiary/aromatic N) is 4. The molecule has 2 N–H and O–H groups in total. The van der Waals surface area contributed by atoms with E-state index >= 15 is 0 Å². The summed E-state index contributed by atoms with van der Waals surface area (Å²) in [5.41, 5.74) is 4.85. The van der Waals surface area contributed by atoms with Crippen LogP contribution in [0.2, 0.25) is 0 Å². The number of pyridine rings is 2. The van der Waals surface area contributed by atoms with Crippen LogP contribution >= 0.6 is 0 Å². The van der Waals surface area contributed by atoms with Gasteiger partial charge in [-0.2, -0.15) is 0 Å². The number of para-hydroxylation sites is 3. The standard InChI is InChI=1S/C27H22N6O2/c1-18-5-4-6-21(25(18)32-26(34)20-11-13-28-14-12-20)27(35)30-16-19-9-10-24(29-15-19)33-17-31-22-7-2-3-8-23(22)33/h2-15,17H,16H2,1H3,(H,30,35)(H,32,34). The summed E-state index contributed by atoms with van der Waals surface area (Å²) in [5.74, 6) is 0.152. The van der Waals surface area contributed by atoms with Gasteiger partial charge in [-0.05, 0) is 54.4 Å². The smallest absolute Gasteiger partial charge is 0.255 e. The maximum Gasteiger partial charge on any atom is 0.255 e. The number of aromatic nitrogens is 4. The summed E-state index contributed by atoms with van der Waals surface area (Å²) in [6.45, 7) is 2.14. The number of benzene rings is 2. The first-order valence-corrected chi connectivity index (χ1v) is 11.1. The number of imidazole rings is 1. The van der Waals surface area contributed by atoms with Gasteiger partial charge in [0.15, 0.2) is 0 Å². The van der Waals surface area contributed by atoms with E-state index in [9.17, 15) is 9.59 Å². The molecule has 0 radical (unpaired) electrons. The first-order valence-electron chi connectivity index (χ1n) is 11.1. The van der Waals surface area contributed by atoms with Crippen molar-refractivity contribution in [3.8, 4) is 5.82 Å². The predicted octanol–water partition coefficient (Wildman–Crippen LogP) is 4.31. The van der Waals surface area contributed by atoms with Gasteiger partial charge in [-0.25, -0.2) is 9.97 Å². The van der Waals surface area contributed by atoms with Crippen LogP contribution in [0.15, 0.2) is 91.6 Å². The summed E-state index contributed by atoms with van der Waals surface area (Å²) >= 11 is 0. The topological polar surface area (TPSA) is 102 Å². The lowest BCUT2D eigenvalue weighted by Crippen LogP contribution is -2.25. The normalized spacial score (nSPS) is 10.8. The van der Waals surface area contributed by atoms with Gasteiger partial charge in [-0.15, -0.1) is 0 Å². The quantitative estimate of drug-likeness (QED) is 0.392. The summed E-state index contributed by atoms with van der Waals surface area (Å²) < 4.78 is 1.92. The average molecular weight is 463 g/mol. The van der Waals surface area contributed by atoms with Crippen molar-refractivity contribution in [2.75, 3.05) is 5.32 Å². The Morgan fingerprint density at radius 3 is 2.51 bits per heavy atom. The predicted molar refractivity (Wildman–Crippen MR) is 133 cm³/mol. The highest BCUT2D eigenvalue weighted by atomic mass is 16.2. The molecule has 172 valence electrons. The fraction of sp³-hybridized carbons (Fsp3) is 0.0741. The van der Waals surface area contributed by atoms with Crippen LogP contribution in [0.4, 0.5) is 5.69 Å². The number of carbonyl (C=O) groups excluding carboxylic acids is 2. The van der Waals surface area contributed by atoms with Gasteiger partial charge in [0, 0.05) is 30.7 Å². The first kappa shape index (κ1) is 22.0. The minimum absolute atomic E-state index is 0.289. The van der Waals surface area contributed by atoms with E-state index in [2.05, 4.69) is 25.6 Å². The number of amides is 2. The third kappa shape index (κ3) is 4.63. The average Bonchev–Trinajstić information content (AvgIpc) is 3.33. The first-order chi connectivity index (χ1) is 17.1. The van der Waals surface area contributed by atoms with Crippen LogP contribution in [0.1, 0.15) is 31.8 Å². The van der Waals surface area contributed by atoms with Crippen molar-refractivity contribution < 1.29 is 9.59 Å². The van der Waals surface area contributed by atoms with Crippen molar-refractivity contribution >= 4 is 28.5 Å². The maximum atomic E-state index is 13.0. The zero-order valence-electron chi connectivity index (χ0n) is 19.0. The number of nitrogens with one attached hydrogen (secondary N) is 2. The Morgan fingerprint density at radius 2 is 1.71 bits per heavy atom. The van der Waals surface area contributed by atoms with E-state index in [0.717, 1.165) is 28.0 Å². The molecule has 5 rings (SSSR count). The van der Waals surface area contributed by atoms with Crippen LogP contribution in [-0.2, 0) is 6.54 Å². The molecule has 0 unspecified atom stereocenters. The molecule has 0 spiro atoms. The Labute approximate surface area is 201 Å². The van der Waals surface area contributed by atoms with E-state index in [0.29, 0.717) is 23.4 Å². The monoisotopic (exact) mass is 462 g/mol. The summed E-state index contributed by atoms with van der Waals surface area (Å²) in [7, 11) is 0. The zero-order valence-corrected chi connectivity index (χ0v) is 19.0. The highest BCUT2D eigenvalue weighted by Gasteiger charge is 2.16. The molecule has 8 heteroatoms. The third-order valence-electron chi connectivity index (χ3n) is 5.66. The van der Waals surface area contributed by atoms with Crippen LogP contribution in [0.25, 0.3) is 16.9 Å². The van der Waals surface area contributed by atoms with Gasteiger partial charge in [-0.1, -0.05) is 30.3 Å². The molecule has 8 nitrogen and oxygen atoms in total. The van der Waals surface area contributed by atoms with Crippen molar-refractivity contribution in [1.82, 2.24) is 24.8 Å². The largest absolute Gasteiger partial charge is 0.348 e. The molecule has 0 fully saturated rings. The van der Waals surface area contributed by atoms with Crippen molar-refractivity contribution in [3.05, 3.63) is 114 Å². The van der Waals surface area contributed by atoms with Gasteiger partial charge in [0.2, 0.25) is 0 Å². The lowest BCUT2D eigenvalue weighted by molar-refractivity contribution is 0.0951. The molecule has 0 aliphatic carbocycles. The Kier molecular flexibility index (Phi) is 6.00. The molecule has 2 amide bonds. The number of aryl methyl sites for hydroxylation is 1. The molecule has 35 heavy (non-hydrogen) atoms. The van der Waals surface area contributed by atoms with Crippen molar-refractivity contribution in [3.63, 3.8) is 0 Å². The molecule has 3 heterocycles. The number of rotatable bonds is 6. The van der Waals surface area contributed by atoms with E-state index in [1.807, 2.05) is 54.0 Å². The van der Waals surface area contributed by atoms with E-state index in [4.69, 9.17) is 0 Å². The third-order valence-corrected chi connectivity index (χ3v) is 5.66. The summed E-state index contributed by atoms with van der Waals surface area (Å²) in [6.07, 6.45) is 6.57. The van der Waals surface area contributed by atoms with Gasteiger partial charge >= 0.3 is 0 Å². The van der Waals surface area contributed by atoms with Crippen LogP contribution in [0, 0.1) is 6.92 Å². The highest BCUT2D eigenvalue weighted by Crippen LogP contribution is 2.22. The summed E-state index contributed by atoms with van der Waals surface area (Å²) in [6, 6.07) is 20.2. The van der Waals surface area contributed by atoms with Crippen molar-refractivity contribution in [2.45, 2.75) is 13.5 Å².